The highest BCUT2D eigenvalue weighted by Gasteiger charge is 2.44. The first-order valence-corrected chi connectivity index (χ1v) is 16.7. The molecule has 1 aromatic rings. The Morgan fingerprint density at radius 2 is 1.47 bits per heavy atom. The number of nitrogens with one attached hydrogen (secondary N) is 3. The van der Waals surface area contributed by atoms with Gasteiger partial charge in [-0.15, -0.1) is 0 Å². The molecule has 2 fully saturated rings. The third-order valence-corrected chi connectivity index (χ3v) is 9.00. The first-order chi connectivity index (χ1) is 22.2. The molecule has 2 saturated heterocycles. The van der Waals surface area contributed by atoms with Crippen molar-refractivity contribution in [1.82, 2.24) is 35.6 Å². The molecule has 1 aromatic heterocycles. The lowest BCUT2D eigenvalue weighted by molar-refractivity contribution is -0.148. The molecule has 0 unspecified atom stereocenters. The Hall–Kier alpha value is -4.05. The van der Waals surface area contributed by atoms with Crippen molar-refractivity contribution in [2.75, 3.05) is 27.2 Å². The van der Waals surface area contributed by atoms with Gasteiger partial charge in [-0.3, -0.25) is 28.9 Å². The number of hydrogen-bond donors (Lipinski definition) is 3. The van der Waals surface area contributed by atoms with Crippen LogP contribution in [0.15, 0.2) is 18.3 Å². The third-order valence-electron chi connectivity index (χ3n) is 9.00. The molecule has 13 nitrogen and oxygen atoms in total. The van der Waals surface area contributed by atoms with Crippen molar-refractivity contribution in [3.63, 3.8) is 0 Å². The second-order valence-corrected chi connectivity index (χ2v) is 13.9. The number of likely N-dealkylation sites (tertiary alicyclic amines) is 2. The molecule has 258 valence electrons. The van der Waals surface area contributed by atoms with Gasteiger partial charge in [-0.05, 0) is 69.2 Å². The first kappa shape index (κ1) is 37.4. The van der Waals surface area contributed by atoms with Crippen molar-refractivity contribution in [3.05, 3.63) is 29.6 Å². The van der Waals surface area contributed by atoms with Crippen LogP contribution in [-0.4, -0.2) is 107 Å². The predicted octanol–water partition coefficient (Wildman–Crippen LogP) is 1.42. The summed E-state index contributed by atoms with van der Waals surface area (Å²) in [5.41, 5.74) is 1.02. The summed E-state index contributed by atoms with van der Waals surface area (Å²) in [5.74, 6) is -2.08. The van der Waals surface area contributed by atoms with Gasteiger partial charge in [0.2, 0.25) is 29.5 Å². The number of hydrogen-bond acceptors (Lipinski definition) is 8. The number of aromatic nitrogens is 1. The summed E-state index contributed by atoms with van der Waals surface area (Å²) in [5, 5.41) is 17.6. The normalized spacial score (nSPS) is 19.9. The lowest BCUT2D eigenvalue weighted by Gasteiger charge is -2.35. The standard InChI is InChI=1S/C34H52N8O5/c1-20(2)27(38-32(45)29(22(5)6)40(7)8)31(44)39-28(21(3)4)34(47)42-16-10-12-26(42)33(46)41-15-9-11-25(41)30(43)37-19-23-13-14-24(17-35)36-18-23/h13-14,18,20-22,25-29H,9-12,15-16,19H2,1-8H3,(H,37,43)(H,38,45)(H,39,44)/t25-,26-,27-,28-,29-/m0/s1. The van der Waals surface area contributed by atoms with Gasteiger partial charge in [0, 0.05) is 25.8 Å². The quantitative estimate of drug-likeness (QED) is 0.288. The maximum atomic E-state index is 14.0. The molecule has 3 N–H and O–H groups in total. The molecule has 5 amide bonds. The molecule has 0 bridgehead atoms. The Balaban J connectivity index is 1.69. The van der Waals surface area contributed by atoms with Crippen molar-refractivity contribution < 1.29 is 24.0 Å². The van der Waals surface area contributed by atoms with E-state index >= 15 is 0 Å². The van der Waals surface area contributed by atoms with Crippen LogP contribution in [0.3, 0.4) is 0 Å². The zero-order valence-electron chi connectivity index (χ0n) is 29.1. The summed E-state index contributed by atoms with van der Waals surface area (Å²) in [6, 6.07) is 1.70. The van der Waals surface area contributed by atoms with Crippen LogP contribution in [0.2, 0.25) is 0 Å². The number of amides is 5. The van der Waals surface area contributed by atoms with Gasteiger partial charge < -0.3 is 25.8 Å². The summed E-state index contributed by atoms with van der Waals surface area (Å²) in [7, 11) is 3.64. The van der Waals surface area contributed by atoms with E-state index in [-0.39, 0.29) is 53.6 Å². The monoisotopic (exact) mass is 652 g/mol. The van der Waals surface area contributed by atoms with E-state index in [1.54, 1.807) is 21.9 Å². The van der Waals surface area contributed by atoms with E-state index < -0.39 is 36.1 Å². The second-order valence-electron chi connectivity index (χ2n) is 13.9. The number of nitriles is 1. The lowest BCUT2D eigenvalue weighted by Crippen LogP contribution is -2.61. The number of rotatable bonds is 13. The SMILES string of the molecule is CC(C)[C@H](NC(=O)[C@H](C(C)C)N(C)C)C(=O)N[C@H](C(=O)N1CCC[C@H]1C(=O)N1CCC[C@H]1C(=O)NCc1ccc(C#N)nc1)C(C)C. The Kier molecular flexibility index (Phi) is 13.3. The third kappa shape index (κ3) is 9.28. The maximum Gasteiger partial charge on any atom is 0.246 e. The van der Waals surface area contributed by atoms with E-state index in [4.69, 9.17) is 5.26 Å². The molecule has 0 radical (unpaired) electrons. The van der Waals surface area contributed by atoms with E-state index in [9.17, 15) is 24.0 Å². The summed E-state index contributed by atoms with van der Waals surface area (Å²) in [6.07, 6.45) is 3.82. The Bertz CT molecular complexity index is 1310. The molecule has 3 heterocycles. The molecular weight excluding hydrogens is 600 g/mol. The fourth-order valence-electron chi connectivity index (χ4n) is 6.53. The minimum Gasteiger partial charge on any atom is -0.350 e. The number of pyridine rings is 1. The zero-order valence-corrected chi connectivity index (χ0v) is 29.1. The molecular formula is C34H52N8O5. The van der Waals surface area contributed by atoms with Crippen molar-refractivity contribution >= 4 is 29.5 Å². The van der Waals surface area contributed by atoms with Gasteiger partial charge in [-0.2, -0.15) is 5.26 Å². The van der Waals surface area contributed by atoms with Gasteiger partial charge in [0.15, 0.2) is 0 Å². The number of nitrogens with zero attached hydrogens (tertiary/aromatic N) is 5. The molecule has 5 atom stereocenters. The van der Waals surface area contributed by atoms with Crippen molar-refractivity contribution in [2.45, 2.75) is 104 Å². The minimum absolute atomic E-state index is 0.0247. The summed E-state index contributed by atoms with van der Waals surface area (Å²) in [4.78, 5) is 76.8. The highest BCUT2D eigenvalue weighted by molar-refractivity contribution is 5.96. The van der Waals surface area contributed by atoms with Crippen LogP contribution in [0.5, 0.6) is 0 Å². The molecule has 13 heteroatoms. The summed E-state index contributed by atoms with van der Waals surface area (Å²) >= 11 is 0. The number of carbonyl (C=O) groups excluding carboxylic acids is 5. The van der Waals surface area contributed by atoms with E-state index in [2.05, 4.69) is 20.9 Å². The van der Waals surface area contributed by atoms with Crippen molar-refractivity contribution in [1.29, 1.82) is 5.26 Å². The van der Waals surface area contributed by atoms with Crippen LogP contribution in [0, 0.1) is 29.1 Å². The van der Waals surface area contributed by atoms with Crippen LogP contribution in [0.25, 0.3) is 0 Å². The highest BCUT2D eigenvalue weighted by Crippen LogP contribution is 2.26. The molecule has 0 spiro atoms. The zero-order chi connectivity index (χ0) is 35.0. The van der Waals surface area contributed by atoms with Crippen molar-refractivity contribution in [3.8, 4) is 6.07 Å². The van der Waals surface area contributed by atoms with Gasteiger partial charge in [0.05, 0.1) is 6.04 Å². The van der Waals surface area contributed by atoms with Crippen LogP contribution in [-0.2, 0) is 30.5 Å². The van der Waals surface area contributed by atoms with E-state index in [0.717, 1.165) is 5.56 Å². The van der Waals surface area contributed by atoms with Gasteiger partial charge >= 0.3 is 0 Å². The average molecular weight is 653 g/mol. The summed E-state index contributed by atoms with van der Waals surface area (Å²) in [6.45, 7) is 12.3. The molecule has 2 aliphatic rings. The Morgan fingerprint density at radius 3 is 2.00 bits per heavy atom. The van der Waals surface area contributed by atoms with Crippen LogP contribution >= 0.6 is 0 Å². The molecule has 0 aromatic carbocycles. The summed E-state index contributed by atoms with van der Waals surface area (Å²) < 4.78 is 0. The van der Waals surface area contributed by atoms with Crippen molar-refractivity contribution in [2.24, 2.45) is 17.8 Å². The Labute approximate surface area is 278 Å². The molecule has 2 aliphatic heterocycles. The van der Waals surface area contributed by atoms with Gasteiger partial charge in [-0.1, -0.05) is 47.6 Å². The predicted molar refractivity (Wildman–Crippen MR) is 176 cm³/mol. The molecule has 3 rings (SSSR count). The van der Waals surface area contributed by atoms with E-state index in [1.807, 2.05) is 66.6 Å². The van der Waals surface area contributed by atoms with Crippen LogP contribution in [0.4, 0.5) is 0 Å². The van der Waals surface area contributed by atoms with E-state index in [1.165, 1.54) is 6.20 Å². The maximum absolute atomic E-state index is 14.0. The van der Waals surface area contributed by atoms with Gasteiger partial charge in [-0.25, -0.2) is 4.98 Å². The second kappa shape index (κ2) is 16.7. The van der Waals surface area contributed by atoms with Crippen LogP contribution < -0.4 is 16.0 Å². The number of likely N-dealkylation sites (N-methyl/N-ethyl adjacent to an activating group) is 1. The highest BCUT2D eigenvalue weighted by atomic mass is 16.2. The van der Waals surface area contributed by atoms with E-state index in [0.29, 0.717) is 38.8 Å². The molecule has 0 saturated carbocycles. The largest absolute Gasteiger partial charge is 0.350 e. The smallest absolute Gasteiger partial charge is 0.246 e. The molecule has 0 aliphatic carbocycles. The fourth-order valence-corrected chi connectivity index (χ4v) is 6.53. The fraction of sp³-hybridized carbons (Fsp3) is 0.676. The first-order valence-electron chi connectivity index (χ1n) is 16.7. The van der Waals surface area contributed by atoms with Gasteiger partial charge in [0.25, 0.3) is 0 Å². The molecule has 47 heavy (non-hydrogen) atoms. The van der Waals surface area contributed by atoms with Crippen LogP contribution in [0.1, 0.15) is 78.5 Å². The van der Waals surface area contributed by atoms with Gasteiger partial charge in [0.1, 0.15) is 35.9 Å². The minimum atomic E-state index is -0.900. The number of carbonyl (C=O) groups is 5. The average Bonchev–Trinajstić information content (AvgIpc) is 3.71. The topological polar surface area (TPSA) is 168 Å². The lowest BCUT2D eigenvalue weighted by atomic mass is 9.97. The Morgan fingerprint density at radius 1 is 0.872 bits per heavy atom.